The lowest BCUT2D eigenvalue weighted by Crippen LogP contribution is -2.40. The maximum absolute atomic E-state index is 3.68. The maximum Gasteiger partial charge on any atom is 0.00669 e. The average molecular weight is 267 g/mol. The SMILES string of the molecule is CC1CCCCN1CCCNCC1CCCN(C)C1. The summed E-state index contributed by atoms with van der Waals surface area (Å²) >= 11 is 0. The van der Waals surface area contributed by atoms with Gasteiger partial charge in [0.15, 0.2) is 0 Å². The van der Waals surface area contributed by atoms with Crippen molar-refractivity contribution in [3.05, 3.63) is 0 Å². The van der Waals surface area contributed by atoms with Gasteiger partial charge in [0.05, 0.1) is 0 Å². The van der Waals surface area contributed by atoms with Crippen LogP contribution in [-0.2, 0) is 0 Å². The molecule has 0 amide bonds. The first-order valence-electron chi connectivity index (χ1n) is 8.39. The summed E-state index contributed by atoms with van der Waals surface area (Å²) in [5.74, 6) is 0.882. The Balaban J connectivity index is 1.49. The van der Waals surface area contributed by atoms with Crippen molar-refractivity contribution in [1.29, 1.82) is 0 Å². The van der Waals surface area contributed by atoms with E-state index in [1.165, 1.54) is 77.8 Å². The van der Waals surface area contributed by atoms with Crippen LogP contribution in [0.1, 0.15) is 45.4 Å². The van der Waals surface area contributed by atoms with E-state index in [0.717, 1.165) is 12.0 Å². The number of rotatable bonds is 6. The highest BCUT2D eigenvalue weighted by Gasteiger charge is 2.18. The Bertz CT molecular complexity index is 244. The van der Waals surface area contributed by atoms with E-state index < -0.39 is 0 Å². The molecule has 112 valence electrons. The van der Waals surface area contributed by atoms with Crippen LogP contribution in [-0.4, -0.2) is 62.2 Å². The number of piperidine rings is 2. The monoisotopic (exact) mass is 267 g/mol. The molecule has 0 aromatic rings. The first kappa shape index (κ1) is 15.3. The Morgan fingerprint density at radius 1 is 1.11 bits per heavy atom. The third-order valence-corrected chi connectivity index (χ3v) is 4.89. The number of hydrogen-bond donors (Lipinski definition) is 1. The first-order valence-corrected chi connectivity index (χ1v) is 8.39. The van der Waals surface area contributed by atoms with Crippen LogP contribution in [0.15, 0.2) is 0 Å². The van der Waals surface area contributed by atoms with Gasteiger partial charge in [-0.25, -0.2) is 0 Å². The first-order chi connectivity index (χ1) is 9.25. The van der Waals surface area contributed by atoms with Crippen molar-refractivity contribution in [2.24, 2.45) is 5.92 Å². The fourth-order valence-electron chi connectivity index (χ4n) is 3.64. The second-order valence-corrected chi connectivity index (χ2v) is 6.71. The summed E-state index contributed by atoms with van der Waals surface area (Å²) in [5.41, 5.74) is 0. The van der Waals surface area contributed by atoms with Gasteiger partial charge < -0.3 is 15.1 Å². The van der Waals surface area contributed by atoms with E-state index in [9.17, 15) is 0 Å². The second-order valence-electron chi connectivity index (χ2n) is 6.71. The van der Waals surface area contributed by atoms with E-state index in [-0.39, 0.29) is 0 Å². The molecule has 1 N–H and O–H groups in total. The van der Waals surface area contributed by atoms with E-state index in [1.54, 1.807) is 0 Å². The Labute approximate surface area is 119 Å². The standard InChI is InChI=1S/C16H33N3/c1-15-7-3-4-11-19(15)12-6-9-17-13-16-8-5-10-18(2)14-16/h15-17H,3-14H2,1-2H3. The van der Waals surface area contributed by atoms with Crippen molar-refractivity contribution in [3.63, 3.8) is 0 Å². The molecule has 0 aromatic heterocycles. The van der Waals surface area contributed by atoms with Crippen LogP contribution >= 0.6 is 0 Å². The van der Waals surface area contributed by atoms with Crippen LogP contribution in [0.4, 0.5) is 0 Å². The molecule has 0 bridgehead atoms. The molecule has 2 rings (SSSR count). The molecule has 0 radical (unpaired) electrons. The summed E-state index contributed by atoms with van der Waals surface area (Å²) in [5, 5.41) is 3.68. The van der Waals surface area contributed by atoms with Gasteiger partial charge in [0.25, 0.3) is 0 Å². The molecular formula is C16H33N3. The number of nitrogens with zero attached hydrogens (tertiary/aromatic N) is 2. The number of hydrogen-bond acceptors (Lipinski definition) is 3. The van der Waals surface area contributed by atoms with Gasteiger partial charge in [-0.3, -0.25) is 0 Å². The third-order valence-electron chi connectivity index (χ3n) is 4.89. The zero-order chi connectivity index (χ0) is 13.5. The van der Waals surface area contributed by atoms with Crippen molar-refractivity contribution in [2.45, 2.75) is 51.5 Å². The molecule has 0 saturated carbocycles. The van der Waals surface area contributed by atoms with E-state index in [1.807, 2.05) is 0 Å². The minimum absolute atomic E-state index is 0.820. The lowest BCUT2D eigenvalue weighted by atomic mass is 9.98. The molecule has 3 heteroatoms. The van der Waals surface area contributed by atoms with Crippen LogP contribution in [0.25, 0.3) is 0 Å². The maximum atomic E-state index is 3.68. The Kier molecular flexibility index (Phi) is 6.62. The molecule has 19 heavy (non-hydrogen) atoms. The van der Waals surface area contributed by atoms with Gasteiger partial charge in [0.2, 0.25) is 0 Å². The minimum atomic E-state index is 0.820. The molecule has 2 atom stereocenters. The molecule has 2 fully saturated rings. The minimum Gasteiger partial charge on any atom is -0.316 e. The van der Waals surface area contributed by atoms with Gasteiger partial charge in [-0.1, -0.05) is 6.42 Å². The summed E-state index contributed by atoms with van der Waals surface area (Å²) in [7, 11) is 2.25. The zero-order valence-electron chi connectivity index (χ0n) is 13.0. The lowest BCUT2D eigenvalue weighted by molar-refractivity contribution is 0.158. The highest BCUT2D eigenvalue weighted by molar-refractivity contribution is 4.74. The van der Waals surface area contributed by atoms with Gasteiger partial charge >= 0.3 is 0 Å². The molecule has 0 aliphatic carbocycles. The molecule has 2 unspecified atom stereocenters. The molecule has 2 aliphatic rings. The average Bonchev–Trinajstić information content (AvgIpc) is 2.40. The van der Waals surface area contributed by atoms with Crippen LogP contribution in [0.3, 0.4) is 0 Å². The molecule has 0 aromatic carbocycles. The predicted molar refractivity (Wildman–Crippen MR) is 82.6 cm³/mol. The largest absolute Gasteiger partial charge is 0.316 e. The van der Waals surface area contributed by atoms with Crippen LogP contribution < -0.4 is 5.32 Å². The summed E-state index contributed by atoms with van der Waals surface area (Å²) in [6.45, 7) is 10.0. The van der Waals surface area contributed by atoms with E-state index >= 15 is 0 Å². The topological polar surface area (TPSA) is 18.5 Å². The zero-order valence-corrected chi connectivity index (χ0v) is 13.0. The van der Waals surface area contributed by atoms with E-state index in [4.69, 9.17) is 0 Å². The van der Waals surface area contributed by atoms with Crippen molar-refractivity contribution >= 4 is 0 Å². The Morgan fingerprint density at radius 2 is 2.00 bits per heavy atom. The van der Waals surface area contributed by atoms with Crippen molar-refractivity contribution in [2.75, 3.05) is 46.3 Å². The van der Waals surface area contributed by atoms with Gasteiger partial charge in [0, 0.05) is 12.6 Å². The lowest BCUT2D eigenvalue weighted by Gasteiger charge is -2.33. The van der Waals surface area contributed by atoms with Crippen molar-refractivity contribution in [1.82, 2.24) is 15.1 Å². The van der Waals surface area contributed by atoms with E-state index in [2.05, 4.69) is 29.1 Å². The van der Waals surface area contributed by atoms with Crippen LogP contribution in [0.5, 0.6) is 0 Å². The van der Waals surface area contributed by atoms with Crippen molar-refractivity contribution in [3.8, 4) is 0 Å². The molecular weight excluding hydrogens is 234 g/mol. The highest BCUT2D eigenvalue weighted by Crippen LogP contribution is 2.16. The van der Waals surface area contributed by atoms with Gasteiger partial charge in [-0.15, -0.1) is 0 Å². The summed E-state index contributed by atoms with van der Waals surface area (Å²) in [4.78, 5) is 5.16. The molecule has 3 nitrogen and oxygen atoms in total. The summed E-state index contributed by atoms with van der Waals surface area (Å²) in [6.07, 6.45) is 8.36. The number of nitrogens with one attached hydrogen (secondary N) is 1. The molecule has 2 aliphatic heterocycles. The smallest absolute Gasteiger partial charge is 0.00669 e. The molecule has 0 spiro atoms. The summed E-state index contributed by atoms with van der Waals surface area (Å²) in [6, 6.07) is 0.820. The second kappa shape index (κ2) is 8.23. The highest BCUT2D eigenvalue weighted by atomic mass is 15.2. The summed E-state index contributed by atoms with van der Waals surface area (Å²) < 4.78 is 0. The quantitative estimate of drug-likeness (QED) is 0.744. The van der Waals surface area contributed by atoms with E-state index in [0.29, 0.717) is 0 Å². The fourth-order valence-corrected chi connectivity index (χ4v) is 3.64. The molecule has 2 saturated heterocycles. The Morgan fingerprint density at radius 3 is 2.79 bits per heavy atom. The third kappa shape index (κ3) is 5.41. The van der Waals surface area contributed by atoms with Crippen LogP contribution in [0, 0.1) is 5.92 Å². The number of likely N-dealkylation sites (tertiary alicyclic amines) is 2. The Hall–Kier alpha value is -0.120. The van der Waals surface area contributed by atoms with Crippen molar-refractivity contribution < 1.29 is 0 Å². The normalized spacial score (nSPS) is 30.6. The van der Waals surface area contributed by atoms with Gasteiger partial charge in [0.1, 0.15) is 0 Å². The van der Waals surface area contributed by atoms with Gasteiger partial charge in [-0.05, 0) is 84.7 Å². The molecule has 2 heterocycles. The van der Waals surface area contributed by atoms with Crippen LogP contribution in [0.2, 0.25) is 0 Å². The predicted octanol–water partition coefficient (Wildman–Crippen LogP) is 2.18. The van der Waals surface area contributed by atoms with Gasteiger partial charge in [-0.2, -0.15) is 0 Å². The fraction of sp³-hybridized carbons (Fsp3) is 1.00.